The van der Waals surface area contributed by atoms with Gasteiger partial charge in [0.2, 0.25) is 0 Å². The molecule has 25 heavy (non-hydrogen) atoms. The molecule has 0 unspecified atom stereocenters. The lowest BCUT2D eigenvalue weighted by Crippen LogP contribution is -2.14. The number of anilines is 1. The molecular weight excluding hydrogens is 376 g/mol. The molecule has 0 aliphatic rings. The monoisotopic (exact) mass is 385 g/mol. The van der Waals surface area contributed by atoms with Gasteiger partial charge in [-0.25, -0.2) is 18.4 Å². The van der Waals surface area contributed by atoms with Gasteiger partial charge in [-0.05, 0) is 24.3 Å². The molecule has 0 aliphatic carbocycles. The maximum absolute atomic E-state index is 12.4. The molecule has 0 bridgehead atoms. The van der Waals surface area contributed by atoms with Crippen LogP contribution in [0.25, 0.3) is 11.0 Å². The molecule has 2 aromatic carbocycles. The second-order valence-electron chi connectivity index (χ2n) is 4.82. The van der Waals surface area contributed by atoms with Crippen molar-refractivity contribution in [3.63, 3.8) is 0 Å². The predicted molar refractivity (Wildman–Crippen MR) is 88.4 cm³/mol. The van der Waals surface area contributed by atoms with Crippen molar-refractivity contribution in [1.29, 1.82) is 0 Å². The van der Waals surface area contributed by atoms with Gasteiger partial charge in [0, 0.05) is 6.07 Å². The number of nitrogens with one attached hydrogen (secondary N) is 1. The van der Waals surface area contributed by atoms with Crippen LogP contribution in [0.2, 0.25) is 5.02 Å². The van der Waals surface area contributed by atoms with E-state index in [1.807, 2.05) is 0 Å². The van der Waals surface area contributed by atoms with Gasteiger partial charge in [-0.1, -0.05) is 23.7 Å². The van der Waals surface area contributed by atoms with E-state index in [4.69, 9.17) is 11.6 Å². The fourth-order valence-electron chi connectivity index (χ4n) is 2.07. The Hall–Kier alpha value is -2.52. The lowest BCUT2D eigenvalue weighted by atomic mass is 10.3. The van der Waals surface area contributed by atoms with Crippen molar-refractivity contribution in [3.05, 3.63) is 53.7 Å². The number of para-hydroxylation sites is 1. The van der Waals surface area contributed by atoms with Gasteiger partial charge in [-0.2, -0.15) is 8.78 Å². The van der Waals surface area contributed by atoms with Crippen molar-refractivity contribution in [2.45, 2.75) is 11.5 Å². The molecule has 0 atom stereocenters. The third kappa shape index (κ3) is 3.94. The zero-order chi connectivity index (χ0) is 18.0. The Bertz CT molecular complexity index is 1030. The van der Waals surface area contributed by atoms with Crippen LogP contribution in [0.15, 0.2) is 53.6 Å². The molecule has 1 heterocycles. The number of rotatable bonds is 5. The standard InChI is InChI=1S/C15H10ClF2N3O3S/c16-11-5-2-6-12-14(11)19-8-13(20-12)21-25(22,23)10-4-1-3-9(7-10)24-15(17)18/h1-8,15H,(H,20,21). The van der Waals surface area contributed by atoms with Gasteiger partial charge in [-0.3, -0.25) is 4.72 Å². The van der Waals surface area contributed by atoms with Crippen LogP contribution in [0.4, 0.5) is 14.6 Å². The summed E-state index contributed by atoms with van der Waals surface area (Å²) in [5, 5.41) is 0.385. The maximum Gasteiger partial charge on any atom is 0.387 e. The molecule has 1 N–H and O–H groups in total. The average Bonchev–Trinajstić information content (AvgIpc) is 2.54. The smallest absolute Gasteiger partial charge is 0.387 e. The highest BCUT2D eigenvalue weighted by Crippen LogP contribution is 2.23. The number of benzene rings is 2. The second kappa shape index (κ2) is 6.77. The summed E-state index contributed by atoms with van der Waals surface area (Å²) in [6.07, 6.45) is 1.21. The van der Waals surface area contributed by atoms with E-state index in [9.17, 15) is 17.2 Å². The van der Waals surface area contributed by atoms with Gasteiger partial charge in [0.25, 0.3) is 10.0 Å². The van der Waals surface area contributed by atoms with Crippen molar-refractivity contribution >= 4 is 38.5 Å². The molecule has 130 valence electrons. The van der Waals surface area contributed by atoms with E-state index in [0.29, 0.717) is 16.1 Å². The number of alkyl halides is 2. The summed E-state index contributed by atoms with van der Waals surface area (Å²) in [7, 11) is -4.06. The number of fused-ring (bicyclic) bond motifs is 1. The minimum Gasteiger partial charge on any atom is -0.435 e. The molecule has 6 nitrogen and oxygen atoms in total. The lowest BCUT2D eigenvalue weighted by Gasteiger charge is -2.10. The van der Waals surface area contributed by atoms with Gasteiger partial charge in [0.15, 0.2) is 5.82 Å². The quantitative estimate of drug-likeness (QED) is 0.724. The fraction of sp³-hybridized carbons (Fsp3) is 0.0667. The Morgan fingerprint density at radius 1 is 1.16 bits per heavy atom. The second-order valence-corrected chi connectivity index (χ2v) is 6.91. The summed E-state index contributed by atoms with van der Waals surface area (Å²) >= 11 is 5.98. The van der Waals surface area contributed by atoms with Crippen LogP contribution >= 0.6 is 11.6 Å². The molecule has 0 saturated heterocycles. The first-order valence-corrected chi connectivity index (χ1v) is 8.70. The third-order valence-corrected chi connectivity index (χ3v) is 4.76. The zero-order valence-electron chi connectivity index (χ0n) is 12.4. The Morgan fingerprint density at radius 2 is 1.92 bits per heavy atom. The topological polar surface area (TPSA) is 81.2 Å². The van der Waals surface area contributed by atoms with Crippen LogP contribution in [0.5, 0.6) is 5.75 Å². The Labute approximate surface area is 146 Å². The van der Waals surface area contributed by atoms with Gasteiger partial charge in [0.1, 0.15) is 11.3 Å². The van der Waals surface area contributed by atoms with E-state index in [1.54, 1.807) is 18.2 Å². The summed E-state index contributed by atoms with van der Waals surface area (Å²) in [6, 6.07) is 9.66. The lowest BCUT2D eigenvalue weighted by molar-refractivity contribution is -0.0499. The number of aromatic nitrogens is 2. The maximum atomic E-state index is 12.4. The van der Waals surface area contributed by atoms with Crippen LogP contribution in [0.3, 0.4) is 0 Å². The number of hydrogen-bond donors (Lipinski definition) is 1. The first-order valence-electron chi connectivity index (χ1n) is 6.84. The molecular formula is C15H10ClF2N3O3S. The van der Waals surface area contributed by atoms with E-state index in [0.717, 1.165) is 6.07 Å². The molecule has 0 spiro atoms. The Morgan fingerprint density at radius 3 is 2.68 bits per heavy atom. The molecule has 0 amide bonds. The van der Waals surface area contributed by atoms with Gasteiger partial charge in [0.05, 0.1) is 21.6 Å². The minimum atomic E-state index is -4.06. The van der Waals surface area contributed by atoms with Crippen molar-refractivity contribution < 1.29 is 21.9 Å². The SMILES string of the molecule is O=S(=O)(Nc1cnc2c(Cl)cccc2n1)c1cccc(OC(F)F)c1. The summed E-state index contributed by atoms with van der Waals surface area (Å²) in [4.78, 5) is 7.95. The Kier molecular flexibility index (Phi) is 4.69. The van der Waals surface area contributed by atoms with Gasteiger partial charge in [-0.15, -0.1) is 0 Å². The van der Waals surface area contributed by atoms with Crippen molar-refractivity contribution in [1.82, 2.24) is 9.97 Å². The number of sulfonamides is 1. The number of nitrogens with zero attached hydrogens (tertiary/aromatic N) is 2. The number of ether oxygens (including phenoxy) is 1. The molecule has 0 fully saturated rings. The van der Waals surface area contributed by atoms with E-state index in [-0.39, 0.29) is 16.5 Å². The average molecular weight is 386 g/mol. The molecule has 3 aromatic rings. The highest BCUT2D eigenvalue weighted by atomic mass is 35.5. The van der Waals surface area contributed by atoms with Gasteiger partial charge >= 0.3 is 6.61 Å². The largest absolute Gasteiger partial charge is 0.435 e. The number of hydrogen-bond acceptors (Lipinski definition) is 5. The zero-order valence-corrected chi connectivity index (χ0v) is 13.9. The highest BCUT2D eigenvalue weighted by molar-refractivity contribution is 7.92. The van der Waals surface area contributed by atoms with E-state index >= 15 is 0 Å². The van der Waals surface area contributed by atoms with Crippen LogP contribution in [-0.2, 0) is 10.0 Å². The first-order chi connectivity index (χ1) is 11.8. The summed E-state index contributed by atoms with van der Waals surface area (Å²) < 4.78 is 55.8. The highest BCUT2D eigenvalue weighted by Gasteiger charge is 2.17. The first kappa shape index (κ1) is 17.3. The minimum absolute atomic E-state index is 0.0325. The van der Waals surface area contributed by atoms with Gasteiger partial charge < -0.3 is 4.74 Å². The fourth-order valence-corrected chi connectivity index (χ4v) is 3.31. The Balaban J connectivity index is 1.91. The van der Waals surface area contributed by atoms with Crippen molar-refractivity contribution in [2.24, 2.45) is 0 Å². The number of halogens is 3. The normalized spacial score (nSPS) is 11.7. The van der Waals surface area contributed by atoms with Crippen LogP contribution in [-0.4, -0.2) is 25.0 Å². The summed E-state index contributed by atoms with van der Waals surface area (Å²) in [6.45, 7) is -3.05. The molecule has 0 saturated carbocycles. The van der Waals surface area contributed by atoms with E-state index in [2.05, 4.69) is 19.4 Å². The van der Waals surface area contributed by atoms with Crippen LogP contribution in [0, 0.1) is 0 Å². The van der Waals surface area contributed by atoms with E-state index in [1.165, 1.54) is 24.4 Å². The predicted octanol–water partition coefficient (Wildman–Crippen LogP) is 3.69. The third-order valence-electron chi connectivity index (χ3n) is 3.10. The van der Waals surface area contributed by atoms with E-state index < -0.39 is 16.6 Å². The molecule has 10 heteroatoms. The summed E-state index contributed by atoms with van der Waals surface area (Å²) in [5.41, 5.74) is 0.835. The summed E-state index contributed by atoms with van der Waals surface area (Å²) in [5.74, 6) is -0.302. The van der Waals surface area contributed by atoms with Crippen LogP contribution < -0.4 is 9.46 Å². The van der Waals surface area contributed by atoms with Crippen LogP contribution in [0.1, 0.15) is 0 Å². The molecule has 0 aliphatic heterocycles. The van der Waals surface area contributed by atoms with Crippen molar-refractivity contribution in [3.8, 4) is 5.75 Å². The molecule has 3 rings (SSSR count). The van der Waals surface area contributed by atoms with Crippen molar-refractivity contribution in [2.75, 3.05) is 4.72 Å². The molecule has 0 radical (unpaired) electrons. The molecule has 1 aromatic heterocycles.